The van der Waals surface area contributed by atoms with Gasteiger partial charge in [0, 0.05) is 0 Å². The van der Waals surface area contributed by atoms with Crippen molar-refractivity contribution in [3.05, 3.63) is 0 Å². The molecule has 0 bridgehead atoms. The Balaban J connectivity index is 3.92. The van der Waals surface area contributed by atoms with E-state index in [1.807, 2.05) is 6.92 Å². The number of halogens is 1. The SMILES string of the molecule is CCCC(C)CCC(C)(C)/N=C(\C)Cl. The van der Waals surface area contributed by atoms with Crippen LogP contribution in [0.2, 0.25) is 0 Å². The van der Waals surface area contributed by atoms with Crippen molar-refractivity contribution < 1.29 is 0 Å². The molecule has 1 nitrogen and oxygen atoms in total. The summed E-state index contributed by atoms with van der Waals surface area (Å²) in [5.74, 6) is 0.810. The van der Waals surface area contributed by atoms with E-state index < -0.39 is 0 Å². The van der Waals surface area contributed by atoms with Crippen molar-refractivity contribution in [1.82, 2.24) is 0 Å². The van der Waals surface area contributed by atoms with Crippen LogP contribution in [0.15, 0.2) is 4.99 Å². The molecule has 0 aromatic heterocycles. The summed E-state index contributed by atoms with van der Waals surface area (Å²) in [6.45, 7) is 10.7. The third-order valence-corrected chi connectivity index (χ3v) is 2.57. The Morgan fingerprint density at radius 2 is 1.93 bits per heavy atom. The Bertz CT molecular complexity index is 181. The summed E-state index contributed by atoms with van der Waals surface area (Å²) in [7, 11) is 0. The van der Waals surface area contributed by atoms with E-state index in [0.29, 0.717) is 5.17 Å². The summed E-state index contributed by atoms with van der Waals surface area (Å²) < 4.78 is 0. The van der Waals surface area contributed by atoms with Crippen LogP contribution in [0.5, 0.6) is 0 Å². The summed E-state index contributed by atoms with van der Waals surface area (Å²) in [6, 6.07) is 0. The third-order valence-electron chi connectivity index (χ3n) is 2.49. The molecule has 0 aromatic carbocycles. The van der Waals surface area contributed by atoms with E-state index in [0.717, 1.165) is 12.3 Å². The Kier molecular flexibility index (Phi) is 6.43. The Hall–Kier alpha value is -0.0400. The molecule has 1 atom stereocenters. The number of nitrogens with zero attached hydrogens (tertiary/aromatic N) is 1. The predicted octanol–water partition coefficient (Wildman–Crippen LogP) is 4.64. The van der Waals surface area contributed by atoms with Gasteiger partial charge in [-0.25, -0.2) is 0 Å². The van der Waals surface area contributed by atoms with Crippen LogP contribution in [-0.4, -0.2) is 10.7 Å². The first-order chi connectivity index (χ1) is 6.37. The standard InChI is InChI=1S/C12H24ClN/c1-6-7-10(2)8-9-12(4,5)14-11(3)13/h10H,6-9H2,1-5H3/b14-11+. The van der Waals surface area contributed by atoms with Gasteiger partial charge in [0.15, 0.2) is 0 Å². The topological polar surface area (TPSA) is 12.4 Å². The zero-order valence-corrected chi connectivity index (χ0v) is 11.0. The number of hydrogen-bond donors (Lipinski definition) is 0. The lowest BCUT2D eigenvalue weighted by atomic mass is 9.91. The monoisotopic (exact) mass is 217 g/mol. The van der Waals surface area contributed by atoms with Crippen molar-refractivity contribution in [2.45, 2.75) is 65.8 Å². The minimum atomic E-state index is 0.00777. The number of hydrogen-bond acceptors (Lipinski definition) is 1. The lowest BCUT2D eigenvalue weighted by Crippen LogP contribution is -2.18. The fraction of sp³-hybridized carbons (Fsp3) is 0.917. The van der Waals surface area contributed by atoms with Crippen molar-refractivity contribution in [1.29, 1.82) is 0 Å². The van der Waals surface area contributed by atoms with E-state index in [4.69, 9.17) is 11.6 Å². The van der Waals surface area contributed by atoms with Crippen LogP contribution in [0, 0.1) is 5.92 Å². The van der Waals surface area contributed by atoms with E-state index in [9.17, 15) is 0 Å². The van der Waals surface area contributed by atoms with Gasteiger partial charge in [0.25, 0.3) is 0 Å². The molecule has 0 amide bonds. The Morgan fingerprint density at radius 1 is 1.36 bits per heavy atom. The van der Waals surface area contributed by atoms with Gasteiger partial charge < -0.3 is 0 Å². The molecule has 2 heteroatoms. The minimum Gasteiger partial charge on any atom is -0.272 e. The lowest BCUT2D eigenvalue weighted by Gasteiger charge is -2.22. The molecule has 0 radical (unpaired) electrons. The van der Waals surface area contributed by atoms with Crippen molar-refractivity contribution in [2.24, 2.45) is 10.9 Å². The lowest BCUT2D eigenvalue weighted by molar-refractivity contribution is 0.387. The van der Waals surface area contributed by atoms with Gasteiger partial charge >= 0.3 is 0 Å². The van der Waals surface area contributed by atoms with Crippen LogP contribution in [0.1, 0.15) is 60.3 Å². The molecule has 0 aliphatic rings. The highest BCUT2D eigenvalue weighted by Gasteiger charge is 2.17. The summed E-state index contributed by atoms with van der Waals surface area (Å²) in [5.41, 5.74) is 0.00777. The average molecular weight is 218 g/mol. The van der Waals surface area contributed by atoms with E-state index in [-0.39, 0.29) is 5.54 Å². The second-order valence-corrected chi connectivity index (χ2v) is 5.40. The zero-order chi connectivity index (χ0) is 11.2. The number of rotatable bonds is 6. The molecule has 0 aliphatic carbocycles. The van der Waals surface area contributed by atoms with Crippen LogP contribution in [0.4, 0.5) is 0 Å². The van der Waals surface area contributed by atoms with Crippen molar-refractivity contribution in [3.8, 4) is 0 Å². The second-order valence-electron chi connectivity index (χ2n) is 4.85. The molecular formula is C12H24ClN. The summed E-state index contributed by atoms with van der Waals surface area (Å²) in [4.78, 5) is 4.42. The molecule has 0 rings (SSSR count). The van der Waals surface area contributed by atoms with Gasteiger partial charge in [-0.2, -0.15) is 0 Å². The molecule has 0 aromatic rings. The Labute approximate surface area is 94.0 Å². The molecule has 0 heterocycles. The average Bonchev–Trinajstić information content (AvgIpc) is 1.99. The zero-order valence-electron chi connectivity index (χ0n) is 10.2. The number of aliphatic imine (C=N–C) groups is 1. The molecule has 1 unspecified atom stereocenters. The van der Waals surface area contributed by atoms with E-state index >= 15 is 0 Å². The van der Waals surface area contributed by atoms with Crippen LogP contribution >= 0.6 is 11.6 Å². The first-order valence-electron chi connectivity index (χ1n) is 5.59. The molecule has 0 saturated heterocycles. The molecule has 0 fully saturated rings. The first-order valence-corrected chi connectivity index (χ1v) is 5.97. The molecule has 14 heavy (non-hydrogen) atoms. The predicted molar refractivity (Wildman–Crippen MR) is 66.3 cm³/mol. The maximum absolute atomic E-state index is 5.79. The van der Waals surface area contributed by atoms with Crippen molar-refractivity contribution in [2.75, 3.05) is 0 Å². The molecule has 0 spiro atoms. The van der Waals surface area contributed by atoms with Crippen molar-refractivity contribution >= 4 is 16.8 Å². The van der Waals surface area contributed by atoms with Crippen LogP contribution < -0.4 is 0 Å². The molecular weight excluding hydrogens is 194 g/mol. The van der Waals surface area contributed by atoms with Crippen LogP contribution in [0.3, 0.4) is 0 Å². The van der Waals surface area contributed by atoms with Gasteiger partial charge in [-0.15, -0.1) is 0 Å². The van der Waals surface area contributed by atoms with Gasteiger partial charge in [-0.05, 0) is 39.5 Å². The quantitative estimate of drug-likeness (QED) is 0.575. The second kappa shape index (κ2) is 6.44. The first kappa shape index (κ1) is 14.0. The van der Waals surface area contributed by atoms with Gasteiger partial charge in [0.1, 0.15) is 0 Å². The van der Waals surface area contributed by atoms with E-state index in [1.54, 1.807) is 0 Å². The van der Waals surface area contributed by atoms with Crippen molar-refractivity contribution in [3.63, 3.8) is 0 Å². The molecule has 84 valence electrons. The third kappa shape index (κ3) is 7.37. The minimum absolute atomic E-state index is 0.00777. The highest BCUT2D eigenvalue weighted by molar-refractivity contribution is 6.64. The fourth-order valence-electron chi connectivity index (χ4n) is 1.71. The smallest absolute Gasteiger partial charge is 0.0978 e. The summed E-state index contributed by atoms with van der Waals surface area (Å²) in [6.07, 6.45) is 4.96. The Morgan fingerprint density at radius 3 is 2.36 bits per heavy atom. The van der Waals surface area contributed by atoms with E-state index in [1.165, 1.54) is 19.3 Å². The summed E-state index contributed by atoms with van der Waals surface area (Å²) >= 11 is 5.79. The van der Waals surface area contributed by atoms with E-state index in [2.05, 4.69) is 32.7 Å². The highest BCUT2D eigenvalue weighted by Crippen LogP contribution is 2.22. The highest BCUT2D eigenvalue weighted by atomic mass is 35.5. The van der Waals surface area contributed by atoms with Crippen LogP contribution in [-0.2, 0) is 0 Å². The van der Waals surface area contributed by atoms with Gasteiger partial charge in [0.05, 0.1) is 10.7 Å². The summed E-state index contributed by atoms with van der Waals surface area (Å²) in [5, 5.41) is 0.665. The molecule has 0 N–H and O–H groups in total. The van der Waals surface area contributed by atoms with Gasteiger partial charge in [-0.3, -0.25) is 4.99 Å². The van der Waals surface area contributed by atoms with Gasteiger partial charge in [0.2, 0.25) is 0 Å². The maximum Gasteiger partial charge on any atom is 0.0978 e. The maximum atomic E-state index is 5.79. The fourth-order valence-corrected chi connectivity index (χ4v) is 1.94. The largest absolute Gasteiger partial charge is 0.272 e. The van der Waals surface area contributed by atoms with Gasteiger partial charge in [-0.1, -0.05) is 38.3 Å². The molecule has 0 saturated carbocycles. The van der Waals surface area contributed by atoms with Crippen LogP contribution in [0.25, 0.3) is 0 Å². The normalized spacial score (nSPS) is 15.7. The molecule has 0 aliphatic heterocycles.